The first kappa shape index (κ1) is 11.9. The van der Waals surface area contributed by atoms with Crippen LogP contribution in [-0.4, -0.2) is 23.3 Å². The fourth-order valence-corrected chi connectivity index (χ4v) is 2.97. The van der Waals surface area contributed by atoms with Gasteiger partial charge in [0.1, 0.15) is 12.4 Å². The molecule has 104 valence electrons. The Bertz CT molecular complexity index is 605. The molecule has 4 rings (SSSR count). The van der Waals surface area contributed by atoms with Gasteiger partial charge in [0.2, 0.25) is 5.89 Å². The molecule has 20 heavy (non-hydrogen) atoms. The third-order valence-electron chi connectivity index (χ3n) is 4.08. The third kappa shape index (κ3) is 1.98. The van der Waals surface area contributed by atoms with Gasteiger partial charge in [0, 0.05) is 5.56 Å². The summed E-state index contributed by atoms with van der Waals surface area (Å²) in [7, 11) is 0. The summed E-state index contributed by atoms with van der Waals surface area (Å²) in [5, 5.41) is 7.60. The molecule has 2 aliphatic heterocycles. The van der Waals surface area contributed by atoms with Gasteiger partial charge in [-0.05, 0) is 25.5 Å². The lowest BCUT2D eigenvalue weighted by Gasteiger charge is -2.19. The maximum atomic E-state index is 5.68. The summed E-state index contributed by atoms with van der Waals surface area (Å²) in [6, 6.07) is 8.27. The SMILES string of the molecule is c1ccc2c(c1)OCC2c1noc([C@H]2CCCCN2)n1. The van der Waals surface area contributed by atoms with Gasteiger partial charge in [-0.2, -0.15) is 4.98 Å². The number of piperidine rings is 1. The number of rotatable bonds is 2. The van der Waals surface area contributed by atoms with E-state index in [4.69, 9.17) is 9.26 Å². The molecule has 0 bridgehead atoms. The number of para-hydroxylation sites is 1. The van der Waals surface area contributed by atoms with Crippen LogP contribution in [0.25, 0.3) is 0 Å². The number of ether oxygens (including phenoxy) is 1. The molecule has 1 unspecified atom stereocenters. The highest BCUT2D eigenvalue weighted by Crippen LogP contribution is 2.37. The van der Waals surface area contributed by atoms with Crippen molar-refractivity contribution in [3.8, 4) is 5.75 Å². The van der Waals surface area contributed by atoms with Gasteiger partial charge in [0.15, 0.2) is 5.82 Å². The lowest BCUT2D eigenvalue weighted by molar-refractivity contribution is 0.293. The minimum Gasteiger partial charge on any atom is -0.492 e. The second kappa shape index (κ2) is 4.90. The molecule has 2 aromatic rings. The van der Waals surface area contributed by atoms with Gasteiger partial charge in [-0.25, -0.2) is 0 Å². The van der Waals surface area contributed by atoms with E-state index in [0.717, 1.165) is 30.1 Å². The van der Waals surface area contributed by atoms with E-state index in [-0.39, 0.29) is 12.0 Å². The number of aromatic nitrogens is 2. The largest absolute Gasteiger partial charge is 0.492 e. The predicted octanol–water partition coefficient (Wildman–Crippen LogP) is 2.41. The average molecular weight is 271 g/mol. The summed E-state index contributed by atoms with van der Waals surface area (Å²) in [4.78, 5) is 4.59. The fraction of sp³-hybridized carbons (Fsp3) is 0.467. The smallest absolute Gasteiger partial charge is 0.243 e. The quantitative estimate of drug-likeness (QED) is 0.909. The zero-order valence-electron chi connectivity index (χ0n) is 11.2. The summed E-state index contributed by atoms with van der Waals surface area (Å²) in [5.74, 6) is 2.47. The van der Waals surface area contributed by atoms with Gasteiger partial charge in [-0.15, -0.1) is 0 Å². The van der Waals surface area contributed by atoms with Crippen LogP contribution in [-0.2, 0) is 0 Å². The lowest BCUT2D eigenvalue weighted by atomic mass is 10.0. The number of nitrogens with zero attached hydrogens (tertiary/aromatic N) is 2. The fourth-order valence-electron chi connectivity index (χ4n) is 2.97. The van der Waals surface area contributed by atoms with E-state index in [2.05, 4.69) is 21.5 Å². The number of benzene rings is 1. The molecular weight excluding hydrogens is 254 g/mol. The molecule has 2 atom stereocenters. The summed E-state index contributed by atoms with van der Waals surface area (Å²) >= 11 is 0. The van der Waals surface area contributed by atoms with Crippen molar-refractivity contribution in [1.29, 1.82) is 0 Å². The molecule has 1 saturated heterocycles. The Hall–Kier alpha value is -1.88. The Labute approximate surface area is 117 Å². The van der Waals surface area contributed by atoms with Crippen molar-refractivity contribution in [2.24, 2.45) is 0 Å². The van der Waals surface area contributed by atoms with Crippen molar-refractivity contribution in [3.05, 3.63) is 41.5 Å². The predicted molar refractivity (Wildman–Crippen MR) is 72.7 cm³/mol. The first-order valence-corrected chi connectivity index (χ1v) is 7.20. The molecule has 5 heteroatoms. The van der Waals surface area contributed by atoms with Crippen LogP contribution < -0.4 is 10.1 Å². The molecule has 3 heterocycles. The van der Waals surface area contributed by atoms with Crippen molar-refractivity contribution in [3.63, 3.8) is 0 Å². The Morgan fingerprint density at radius 3 is 3.05 bits per heavy atom. The van der Waals surface area contributed by atoms with Crippen LogP contribution in [0, 0.1) is 0 Å². The molecule has 0 radical (unpaired) electrons. The minimum absolute atomic E-state index is 0.0901. The first-order valence-electron chi connectivity index (χ1n) is 7.20. The van der Waals surface area contributed by atoms with Crippen molar-refractivity contribution >= 4 is 0 Å². The molecule has 0 aliphatic carbocycles. The standard InChI is InChI=1S/C15H17N3O2/c1-2-7-13-10(5-1)11(9-19-13)14-17-15(20-18-14)12-6-3-4-8-16-12/h1-2,5,7,11-12,16H,3-4,6,8-9H2/t11?,12-/m1/s1. The Morgan fingerprint density at radius 2 is 2.15 bits per heavy atom. The Balaban J connectivity index is 1.59. The molecular formula is C15H17N3O2. The van der Waals surface area contributed by atoms with E-state index in [1.54, 1.807) is 0 Å². The van der Waals surface area contributed by atoms with Crippen LogP contribution in [0.1, 0.15) is 48.5 Å². The second-order valence-corrected chi connectivity index (χ2v) is 5.39. The van der Waals surface area contributed by atoms with Gasteiger partial charge in [-0.3, -0.25) is 0 Å². The molecule has 1 fully saturated rings. The number of hydrogen-bond acceptors (Lipinski definition) is 5. The number of fused-ring (bicyclic) bond motifs is 1. The Kier molecular flexibility index (Phi) is 2.92. The molecule has 0 amide bonds. The van der Waals surface area contributed by atoms with Crippen LogP contribution in [0.15, 0.2) is 28.8 Å². The van der Waals surface area contributed by atoms with Gasteiger partial charge < -0.3 is 14.6 Å². The van der Waals surface area contributed by atoms with E-state index in [9.17, 15) is 0 Å². The van der Waals surface area contributed by atoms with E-state index >= 15 is 0 Å². The maximum absolute atomic E-state index is 5.68. The molecule has 1 N–H and O–H groups in total. The minimum atomic E-state index is 0.0901. The number of hydrogen-bond donors (Lipinski definition) is 1. The molecule has 2 aliphatic rings. The van der Waals surface area contributed by atoms with Crippen LogP contribution in [0.4, 0.5) is 0 Å². The molecule has 1 aromatic carbocycles. The monoisotopic (exact) mass is 271 g/mol. The molecule has 1 aromatic heterocycles. The second-order valence-electron chi connectivity index (χ2n) is 5.39. The summed E-state index contributed by atoms with van der Waals surface area (Å²) in [5.41, 5.74) is 1.15. The van der Waals surface area contributed by atoms with Crippen LogP contribution in [0.2, 0.25) is 0 Å². The summed E-state index contributed by atoms with van der Waals surface area (Å²) in [6.45, 7) is 1.62. The van der Waals surface area contributed by atoms with Crippen molar-refractivity contribution in [2.45, 2.75) is 31.2 Å². The third-order valence-corrected chi connectivity index (χ3v) is 4.08. The lowest BCUT2D eigenvalue weighted by Crippen LogP contribution is -2.27. The van der Waals surface area contributed by atoms with E-state index in [1.807, 2.05) is 18.2 Å². The van der Waals surface area contributed by atoms with Crippen LogP contribution in [0.5, 0.6) is 5.75 Å². The van der Waals surface area contributed by atoms with Gasteiger partial charge in [-0.1, -0.05) is 29.8 Å². The van der Waals surface area contributed by atoms with Crippen LogP contribution >= 0.6 is 0 Å². The zero-order valence-corrected chi connectivity index (χ0v) is 11.2. The van der Waals surface area contributed by atoms with Gasteiger partial charge in [0.05, 0.1) is 12.0 Å². The van der Waals surface area contributed by atoms with Gasteiger partial charge >= 0.3 is 0 Å². The summed E-state index contributed by atoms with van der Waals surface area (Å²) < 4.78 is 11.1. The van der Waals surface area contributed by atoms with E-state index in [0.29, 0.717) is 12.5 Å². The topological polar surface area (TPSA) is 60.2 Å². The van der Waals surface area contributed by atoms with Crippen LogP contribution in [0.3, 0.4) is 0 Å². The maximum Gasteiger partial charge on any atom is 0.243 e. The number of nitrogens with one attached hydrogen (secondary N) is 1. The summed E-state index contributed by atoms with van der Waals surface area (Å²) in [6.07, 6.45) is 3.51. The van der Waals surface area contributed by atoms with Crippen molar-refractivity contribution in [1.82, 2.24) is 15.5 Å². The molecule has 5 nitrogen and oxygen atoms in total. The Morgan fingerprint density at radius 1 is 1.20 bits per heavy atom. The highest BCUT2D eigenvalue weighted by Gasteiger charge is 2.30. The first-order chi connectivity index (χ1) is 9.92. The van der Waals surface area contributed by atoms with Crippen molar-refractivity contribution in [2.75, 3.05) is 13.2 Å². The average Bonchev–Trinajstić information content (AvgIpc) is 3.14. The molecule has 0 spiro atoms. The molecule has 0 saturated carbocycles. The normalized spacial score (nSPS) is 25.2. The zero-order chi connectivity index (χ0) is 13.4. The van der Waals surface area contributed by atoms with Gasteiger partial charge in [0.25, 0.3) is 0 Å². The van der Waals surface area contributed by atoms with E-state index < -0.39 is 0 Å². The van der Waals surface area contributed by atoms with E-state index in [1.165, 1.54) is 12.8 Å². The highest BCUT2D eigenvalue weighted by atomic mass is 16.5. The van der Waals surface area contributed by atoms with Crippen molar-refractivity contribution < 1.29 is 9.26 Å². The highest BCUT2D eigenvalue weighted by molar-refractivity contribution is 5.42.